The molecule has 0 aliphatic heterocycles. The lowest BCUT2D eigenvalue weighted by Crippen LogP contribution is -2.04. The first-order valence-corrected chi connectivity index (χ1v) is 6.48. The molecule has 1 aliphatic rings. The third-order valence-electron chi connectivity index (χ3n) is 3.84. The van der Waals surface area contributed by atoms with Gasteiger partial charge in [-0.3, -0.25) is 0 Å². The average molecular weight is 229 g/mol. The maximum Gasteiger partial charge on any atom is 0.134 e. The molecule has 1 heterocycles. The van der Waals surface area contributed by atoms with E-state index in [4.69, 9.17) is 4.42 Å². The van der Waals surface area contributed by atoms with Gasteiger partial charge in [-0.05, 0) is 68.5 Å². The van der Waals surface area contributed by atoms with Gasteiger partial charge in [0.05, 0.1) is 6.54 Å². The van der Waals surface area contributed by atoms with Crippen molar-refractivity contribution in [2.45, 2.75) is 39.2 Å². The Morgan fingerprint density at radius 2 is 1.88 bits per heavy atom. The standard InChI is InChI=1S/C15H19NO/c1-10-13-7-11-5-3-4-6-12(11)8-14(13)17-15(10)9-16-2/h7-8,16H,3-6,9H2,1-2H3. The molecule has 0 amide bonds. The highest BCUT2D eigenvalue weighted by Gasteiger charge is 2.15. The Morgan fingerprint density at radius 3 is 2.59 bits per heavy atom. The molecule has 1 N–H and O–H groups in total. The van der Waals surface area contributed by atoms with Crippen molar-refractivity contribution in [3.63, 3.8) is 0 Å². The van der Waals surface area contributed by atoms with E-state index in [1.165, 1.54) is 47.8 Å². The molecule has 0 radical (unpaired) electrons. The zero-order chi connectivity index (χ0) is 11.8. The molecule has 2 aromatic rings. The number of nitrogens with one attached hydrogen (secondary N) is 1. The summed E-state index contributed by atoms with van der Waals surface area (Å²) in [6, 6.07) is 4.61. The van der Waals surface area contributed by atoms with Crippen LogP contribution in [0.3, 0.4) is 0 Å². The molecule has 1 aromatic carbocycles. The molecule has 0 spiro atoms. The lowest BCUT2D eigenvalue weighted by atomic mass is 9.90. The molecule has 1 aliphatic carbocycles. The molecule has 17 heavy (non-hydrogen) atoms. The Morgan fingerprint density at radius 1 is 1.18 bits per heavy atom. The minimum Gasteiger partial charge on any atom is -0.459 e. The van der Waals surface area contributed by atoms with Crippen LogP contribution in [-0.4, -0.2) is 7.05 Å². The second-order valence-corrected chi connectivity index (χ2v) is 5.00. The number of benzene rings is 1. The van der Waals surface area contributed by atoms with Crippen LogP contribution in [0.15, 0.2) is 16.5 Å². The van der Waals surface area contributed by atoms with Crippen LogP contribution in [0.2, 0.25) is 0 Å². The molecule has 2 nitrogen and oxygen atoms in total. The van der Waals surface area contributed by atoms with E-state index in [1.54, 1.807) is 0 Å². The Bertz CT molecular complexity index is 554. The van der Waals surface area contributed by atoms with Gasteiger partial charge in [0.15, 0.2) is 0 Å². The summed E-state index contributed by atoms with van der Waals surface area (Å²) in [6.07, 6.45) is 5.10. The van der Waals surface area contributed by atoms with Crippen LogP contribution in [-0.2, 0) is 19.4 Å². The summed E-state index contributed by atoms with van der Waals surface area (Å²) in [5, 5.41) is 4.46. The zero-order valence-electron chi connectivity index (χ0n) is 10.6. The number of hydrogen-bond acceptors (Lipinski definition) is 2. The molecule has 0 fully saturated rings. The fourth-order valence-electron chi connectivity index (χ4n) is 2.83. The molecular formula is C15H19NO. The van der Waals surface area contributed by atoms with Crippen molar-refractivity contribution < 1.29 is 4.42 Å². The minimum atomic E-state index is 0.811. The number of hydrogen-bond donors (Lipinski definition) is 1. The van der Waals surface area contributed by atoms with E-state index < -0.39 is 0 Å². The van der Waals surface area contributed by atoms with Crippen molar-refractivity contribution in [2.75, 3.05) is 7.05 Å². The number of rotatable bonds is 2. The summed E-state index contributed by atoms with van der Waals surface area (Å²) >= 11 is 0. The van der Waals surface area contributed by atoms with Crippen molar-refractivity contribution in [1.82, 2.24) is 5.32 Å². The van der Waals surface area contributed by atoms with Crippen molar-refractivity contribution in [3.05, 3.63) is 34.6 Å². The van der Waals surface area contributed by atoms with E-state index in [2.05, 4.69) is 24.4 Å². The van der Waals surface area contributed by atoms with Crippen LogP contribution in [0.4, 0.5) is 0 Å². The topological polar surface area (TPSA) is 25.2 Å². The second-order valence-electron chi connectivity index (χ2n) is 5.00. The second kappa shape index (κ2) is 4.19. The molecule has 90 valence electrons. The van der Waals surface area contributed by atoms with Gasteiger partial charge in [-0.2, -0.15) is 0 Å². The molecule has 0 atom stereocenters. The molecule has 0 saturated carbocycles. The highest BCUT2D eigenvalue weighted by atomic mass is 16.3. The van der Waals surface area contributed by atoms with Crippen LogP contribution in [0.25, 0.3) is 11.0 Å². The van der Waals surface area contributed by atoms with Gasteiger partial charge < -0.3 is 9.73 Å². The minimum absolute atomic E-state index is 0.811. The Hall–Kier alpha value is -1.28. The van der Waals surface area contributed by atoms with E-state index in [9.17, 15) is 0 Å². The highest BCUT2D eigenvalue weighted by Crippen LogP contribution is 2.31. The third kappa shape index (κ3) is 1.77. The maximum absolute atomic E-state index is 5.94. The third-order valence-corrected chi connectivity index (χ3v) is 3.84. The van der Waals surface area contributed by atoms with Gasteiger partial charge in [-0.15, -0.1) is 0 Å². The Labute approximate surface area is 102 Å². The van der Waals surface area contributed by atoms with E-state index in [0.29, 0.717) is 0 Å². The van der Waals surface area contributed by atoms with Gasteiger partial charge in [-0.25, -0.2) is 0 Å². The highest BCUT2D eigenvalue weighted by molar-refractivity contribution is 5.83. The summed E-state index contributed by atoms with van der Waals surface area (Å²) < 4.78 is 5.94. The largest absolute Gasteiger partial charge is 0.459 e. The summed E-state index contributed by atoms with van der Waals surface area (Å²) in [5.41, 5.74) is 5.38. The van der Waals surface area contributed by atoms with Crippen LogP contribution < -0.4 is 5.32 Å². The Kier molecular flexibility index (Phi) is 2.67. The van der Waals surface area contributed by atoms with E-state index in [1.807, 2.05) is 7.05 Å². The quantitative estimate of drug-likeness (QED) is 0.854. The van der Waals surface area contributed by atoms with E-state index in [0.717, 1.165) is 17.9 Å². The number of fused-ring (bicyclic) bond motifs is 2. The zero-order valence-corrected chi connectivity index (χ0v) is 10.6. The Balaban J connectivity index is 2.16. The smallest absolute Gasteiger partial charge is 0.134 e. The predicted octanol–water partition coefficient (Wildman–Crippen LogP) is 3.34. The summed E-state index contributed by atoms with van der Waals surface area (Å²) in [7, 11) is 1.96. The maximum atomic E-state index is 5.94. The van der Waals surface area contributed by atoms with Crippen molar-refractivity contribution in [2.24, 2.45) is 0 Å². The van der Waals surface area contributed by atoms with Crippen molar-refractivity contribution in [1.29, 1.82) is 0 Å². The number of aryl methyl sites for hydroxylation is 3. The van der Waals surface area contributed by atoms with Crippen LogP contribution in [0.5, 0.6) is 0 Å². The van der Waals surface area contributed by atoms with Gasteiger partial charge in [0.25, 0.3) is 0 Å². The normalized spacial score (nSPS) is 15.2. The van der Waals surface area contributed by atoms with Crippen LogP contribution in [0, 0.1) is 6.92 Å². The molecule has 0 bridgehead atoms. The monoisotopic (exact) mass is 229 g/mol. The van der Waals surface area contributed by atoms with Crippen molar-refractivity contribution >= 4 is 11.0 Å². The summed E-state index contributed by atoms with van der Waals surface area (Å²) in [6.45, 7) is 2.97. The first-order valence-electron chi connectivity index (χ1n) is 6.48. The molecule has 1 aromatic heterocycles. The first kappa shape index (κ1) is 10.8. The van der Waals surface area contributed by atoms with Gasteiger partial charge in [0.2, 0.25) is 0 Å². The molecular weight excluding hydrogens is 210 g/mol. The van der Waals surface area contributed by atoms with Crippen LogP contribution in [0.1, 0.15) is 35.3 Å². The fraction of sp³-hybridized carbons (Fsp3) is 0.467. The molecule has 0 saturated heterocycles. The SMILES string of the molecule is CNCc1oc2cc3c(cc2c1C)CCCC3. The molecule has 3 rings (SSSR count). The van der Waals surface area contributed by atoms with Gasteiger partial charge in [0, 0.05) is 5.39 Å². The lowest BCUT2D eigenvalue weighted by Gasteiger charge is -2.14. The first-order chi connectivity index (χ1) is 8.29. The van der Waals surface area contributed by atoms with E-state index >= 15 is 0 Å². The van der Waals surface area contributed by atoms with Crippen LogP contribution >= 0.6 is 0 Å². The van der Waals surface area contributed by atoms with Gasteiger partial charge >= 0.3 is 0 Å². The molecule has 0 unspecified atom stereocenters. The average Bonchev–Trinajstić information content (AvgIpc) is 2.64. The predicted molar refractivity (Wildman–Crippen MR) is 70.4 cm³/mol. The molecule has 2 heteroatoms. The van der Waals surface area contributed by atoms with E-state index in [-0.39, 0.29) is 0 Å². The summed E-state index contributed by atoms with van der Waals surface area (Å²) in [5.74, 6) is 1.07. The fourth-order valence-corrected chi connectivity index (χ4v) is 2.83. The van der Waals surface area contributed by atoms with Crippen molar-refractivity contribution in [3.8, 4) is 0 Å². The van der Waals surface area contributed by atoms with Gasteiger partial charge in [0.1, 0.15) is 11.3 Å². The van der Waals surface area contributed by atoms with Gasteiger partial charge in [-0.1, -0.05) is 0 Å². The lowest BCUT2D eigenvalue weighted by molar-refractivity contribution is 0.526. The number of furan rings is 1. The summed E-state index contributed by atoms with van der Waals surface area (Å²) in [4.78, 5) is 0.